The first kappa shape index (κ1) is 61.7. The van der Waals surface area contributed by atoms with E-state index < -0.39 is 0 Å². The molecule has 2 aliphatic carbocycles. The van der Waals surface area contributed by atoms with Crippen molar-refractivity contribution in [3.05, 3.63) is 398 Å². The summed E-state index contributed by atoms with van der Waals surface area (Å²) in [5.74, 6) is 0. The lowest BCUT2D eigenvalue weighted by molar-refractivity contribution is 0.660. The summed E-state index contributed by atoms with van der Waals surface area (Å²) in [4.78, 5) is 4.88. The molecule has 0 N–H and O–H groups in total. The summed E-state index contributed by atoms with van der Waals surface area (Å²) >= 11 is 0. The fraction of sp³-hybridized carbons (Fsp3) is 0.0600. The van der Waals surface area contributed by atoms with Crippen molar-refractivity contribution in [2.24, 2.45) is 0 Å². The Labute approximate surface area is 599 Å². The van der Waals surface area contributed by atoms with Gasteiger partial charge in [0.2, 0.25) is 0 Å². The Morgan fingerprint density at radius 2 is 0.392 bits per heavy atom. The molecule has 102 heavy (non-hydrogen) atoms. The molecule has 18 rings (SSSR count). The van der Waals surface area contributed by atoms with Gasteiger partial charge in [-0.05, 0) is 229 Å². The fourth-order valence-electron chi connectivity index (χ4n) is 16.0. The molecule has 0 spiro atoms. The summed E-state index contributed by atoms with van der Waals surface area (Å²) in [7, 11) is 0. The molecule has 0 aliphatic heterocycles. The molecular weight excluding hydrogens is 1230 g/mol. The van der Waals surface area contributed by atoms with E-state index in [1.54, 1.807) is 0 Å². The van der Waals surface area contributed by atoms with Crippen LogP contribution in [0.1, 0.15) is 49.9 Å². The van der Waals surface area contributed by atoms with Gasteiger partial charge in [-0.1, -0.05) is 319 Å². The first-order valence-electron chi connectivity index (χ1n) is 35.6. The molecule has 0 bridgehead atoms. The van der Waals surface area contributed by atoms with Crippen LogP contribution in [0.15, 0.2) is 376 Å². The summed E-state index contributed by atoms with van der Waals surface area (Å²) in [6, 6.07) is 139. The SMILES string of the molecule is CC1(C)c2cc(-c3ccc(-c4ccc(-c5ccccc5)cc4)cc3)ccc2-c2ccc(N(c3ccc(-c4ccccc4)cc3)c3ccc(-c4cccc(N(c5ccc6c(c5)C(C)(C)c5cc(-c7ccc(-c8ccc(-c9ccccc9)cc8)cc7)ccc5-6)c5ccc6ccccc6c5)c4)cc3)cc21. The lowest BCUT2D eigenvalue weighted by Crippen LogP contribution is -2.16. The molecular formula is C100H74N2. The molecule has 0 saturated carbocycles. The zero-order valence-electron chi connectivity index (χ0n) is 57.7. The molecule has 2 heteroatoms. The number of nitrogens with zero attached hydrogens (tertiary/aromatic N) is 2. The maximum absolute atomic E-state index is 2.45. The van der Waals surface area contributed by atoms with E-state index in [1.165, 1.54) is 133 Å². The number of fused-ring (bicyclic) bond motifs is 7. The van der Waals surface area contributed by atoms with Crippen LogP contribution in [0.2, 0.25) is 0 Å². The van der Waals surface area contributed by atoms with Gasteiger partial charge in [0.15, 0.2) is 0 Å². The van der Waals surface area contributed by atoms with Crippen molar-refractivity contribution in [2.45, 2.75) is 38.5 Å². The van der Waals surface area contributed by atoms with Crippen molar-refractivity contribution >= 4 is 44.9 Å². The normalized spacial score (nSPS) is 12.9. The van der Waals surface area contributed by atoms with E-state index in [0.717, 1.165) is 45.3 Å². The van der Waals surface area contributed by atoms with Crippen LogP contribution in [0.4, 0.5) is 34.1 Å². The number of benzene rings is 16. The quantitative estimate of drug-likeness (QED) is 0.107. The fourth-order valence-corrected chi connectivity index (χ4v) is 16.0. The van der Waals surface area contributed by atoms with Crippen molar-refractivity contribution < 1.29 is 0 Å². The number of hydrogen-bond acceptors (Lipinski definition) is 2. The van der Waals surface area contributed by atoms with E-state index in [2.05, 4.69) is 414 Å². The van der Waals surface area contributed by atoms with Gasteiger partial charge >= 0.3 is 0 Å². The van der Waals surface area contributed by atoms with E-state index in [0.29, 0.717) is 0 Å². The predicted molar refractivity (Wildman–Crippen MR) is 432 cm³/mol. The summed E-state index contributed by atoms with van der Waals surface area (Å²) < 4.78 is 0. The highest BCUT2D eigenvalue weighted by Crippen LogP contribution is 2.54. The van der Waals surface area contributed by atoms with E-state index in [1.807, 2.05) is 0 Å². The predicted octanol–water partition coefficient (Wildman–Crippen LogP) is 27.7. The highest BCUT2D eigenvalue weighted by Gasteiger charge is 2.38. The Hall–Kier alpha value is -12.6. The van der Waals surface area contributed by atoms with Crippen molar-refractivity contribution in [3.8, 4) is 111 Å². The minimum atomic E-state index is -0.258. The number of rotatable bonds is 14. The maximum Gasteiger partial charge on any atom is 0.0468 e. The van der Waals surface area contributed by atoms with Gasteiger partial charge in [-0.15, -0.1) is 0 Å². The molecule has 0 saturated heterocycles. The summed E-state index contributed by atoms with van der Waals surface area (Å²) in [5.41, 5.74) is 35.9. The third-order valence-corrected chi connectivity index (χ3v) is 21.7. The first-order valence-corrected chi connectivity index (χ1v) is 35.6. The molecule has 0 amide bonds. The van der Waals surface area contributed by atoms with Gasteiger partial charge in [-0.3, -0.25) is 0 Å². The Kier molecular flexibility index (Phi) is 15.3. The molecule has 0 heterocycles. The van der Waals surface area contributed by atoms with Gasteiger partial charge in [-0.2, -0.15) is 0 Å². The molecule has 0 atom stereocenters. The Bertz CT molecular complexity index is 5800. The molecule has 16 aromatic rings. The number of anilines is 6. The maximum atomic E-state index is 2.45. The molecule has 0 aromatic heterocycles. The van der Waals surface area contributed by atoms with Gasteiger partial charge in [0.25, 0.3) is 0 Å². The van der Waals surface area contributed by atoms with Crippen LogP contribution in [0.5, 0.6) is 0 Å². The van der Waals surface area contributed by atoms with E-state index in [9.17, 15) is 0 Å². The highest BCUT2D eigenvalue weighted by molar-refractivity contribution is 5.94. The van der Waals surface area contributed by atoms with Crippen molar-refractivity contribution in [1.29, 1.82) is 0 Å². The van der Waals surface area contributed by atoms with Crippen molar-refractivity contribution in [3.63, 3.8) is 0 Å². The van der Waals surface area contributed by atoms with Crippen LogP contribution in [-0.4, -0.2) is 0 Å². The van der Waals surface area contributed by atoms with Crippen molar-refractivity contribution in [1.82, 2.24) is 0 Å². The van der Waals surface area contributed by atoms with Gasteiger partial charge < -0.3 is 9.80 Å². The third kappa shape index (κ3) is 11.2. The van der Waals surface area contributed by atoms with Crippen LogP contribution in [0, 0.1) is 0 Å². The molecule has 16 aromatic carbocycles. The summed E-state index contributed by atoms with van der Waals surface area (Å²) in [5, 5.41) is 2.42. The molecule has 2 nitrogen and oxygen atoms in total. The second kappa shape index (κ2) is 25.3. The Balaban J connectivity index is 0.648. The van der Waals surface area contributed by atoms with Crippen LogP contribution in [0.25, 0.3) is 122 Å². The molecule has 0 fully saturated rings. The van der Waals surface area contributed by atoms with Crippen LogP contribution >= 0.6 is 0 Å². The van der Waals surface area contributed by atoms with Crippen LogP contribution < -0.4 is 9.80 Å². The van der Waals surface area contributed by atoms with Gasteiger partial charge in [0.1, 0.15) is 0 Å². The van der Waals surface area contributed by atoms with E-state index >= 15 is 0 Å². The standard InChI is InChI=1S/C100H74N2/c1-99(2)95-63-83(78-39-35-75(36-40-78)73-31-27-71(28-32-73)67-17-8-5-9-18-67)48-57-91(95)93-59-55-89(65-97(93)99)101(85-50-43-77(44-51-85)69-21-12-7-13-22-69)86-52-45-80(46-53-86)82-25-16-26-87(61-82)102(88-54-47-70-23-14-15-24-81(70)62-88)90-56-60-94-92-58-49-84(64-96(92)100(3,4)98(94)66-90)79-41-37-76(38-42-79)74-33-29-72(30-34-74)68-19-10-6-11-20-68/h5-66H,1-4H3. The van der Waals surface area contributed by atoms with Gasteiger partial charge in [0.05, 0.1) is 0 Å². The highest BCUT2D eigenvalue weighted by atomic mass is 15.1. The van der Waals surface area contributed by atoms with Crippen LogP contribution in [0.3, 0.4) is 0 Å². The average Bonchev–Trinajstić information content (AvgIpc) is 1.57. The minimum absolute atomic E-state index is 0.256. The number of hydrogen-bond donors (Lipinski definition) is 0. The first-order chi connectivity index (χ1) is 50.0. The van der Waals surface area contributed by atoms with Gasteiger partial charge in [0, 0.05) is 45.0 Å². The second-order valence-electron chi connectivity index (χ2n) is 28.5. The summed E-state index contributed by atoms with van der Waals surface area (Å²) in [6.07, 6.45) is 0. The lowest BCUT2D eigenvalue weighted by atomic mass is 9.81. The minimum Gasteiger partial charge on any atom is -0.310 e. The second-order valence-corrected chi connectivity index (χ2v) is 28.5. The van der Waals surface area contributed by atoms with E-state index in [4.69, 9.17) is 0 Å². The topological polar surface area (TPSA) is 6.48 Å². The summed E-state index contributed by atoms with van der Waals surface area (Å²) in [6.45, 7) is 9.58. The molecule has 2 aliphatic rings. The Morgan fingerprint density at radius 3 is 0.775 bits per heavy atom. The zero-order valence-corrected chi connectivity index (χ0v) is 57.7. The zero-order chi connectivity index (χ0) is 68.5. The molecule has 484 valence electrons. The Morgan fingerprint density at radius 1 is 0.157 bits per heavy atom. The largest absolute Gasteiger partial charge is 0.310 e. The van der Waals surface area contributed by atoms with Crippen LogP contribution in [-0.2, 0) is 10.8 Å². The molecule has 0 radical (unpaired) electrons. The lowest BCUT2D eigenvalue weighted by Gasteiger charge is -2.29. The van der Waals surface area contributed by atoms with E-state index in [-0.39, 0.29) is 10.8 Å². The smallest absolute Gasteiger partial charge is 0.0468 e. The monoisotopic (exact) mass is 1300 g/mol. The van der Waals surface area contributed by atoms with Crippen molar-refractivity contribution in [2.75, 3.05) is 9.80 Å². The average molecular weight is 1300 g/mol. The molecule has 0 unspecified atom stereocenters. The third-order valence-electron chi connectivity index (χ3n) is 21.7. The van der Waals surface area contributed by atoms with Gasteiger partial charge in [-0.25, -0.2) is 0 Å².